The van der Waals surface area contributed by atoms with Gasteiger partial charge in [0.2, 0.25) is 0 Å². The van der Waals surface area contributed by atoms with Gasteiger partial charge in [-0.05, 0) is 37.1 Å². The molecule has 1 aromatic rings. The van der Waals surface area contributed by atoms with Gasteiger partial charge in [-0.1, -0.05) is 28.9 Å². The monoisotopic (exact) mass is 253 g/mol. The number of hydrogen-bond donors (Lipinski definition) is 2. The lowest BCUT2D eigenvalue weighted by atomic mass is 10.1. The highest BCUT2D eigenvalue weighted by Crippen LogP contribution is 2.21. The minimum Gasteiger partial charge on any atom is -0.409 e. The van der Waals surface area contributed by atoms with Crippen LogP contribution in [0.2, 0.25) is 5.02 Å². The quantitative estimate of drug-likeness (QED) is 0.375. The van der Waals surface area contributed by atoms with Crippen molar-refractivity contribution in [2.45, 2.75) is 25.4 Å². The molecule has 92 valence electrons. The molecule has 17 heavy (non-hydrogen) atoms. The average Bonchev–Trinajstić information content (AvgIpc) is 2.79. The number of oxime groups is 1. The minimum absolute atomic E-state index is 0.0516. The van der Waals surface area contributed by atoms with Crippen molar-refractivity contribution in [2.75, 3.05) is 6.54 Å². The van der Waals surface area contributed by atoms with Crippen LogP contribution in [0.4, 0.5) is 0 Å². The molecular weight excluding hydrogens is 238 g/mol. The molecule has 1 aliphatic heterocycles. The number of hydrogen-bond acceptors (Lipinski definition) is 3. The third-order valence-corrected chi connectivity index (χ3v) is 3.37. The molecular formula is C12H16ClN3O. The van der Waals surface area contributed by atoms with Crippen LogP contribution in [-0.2, 0) is 6.54 Å². The SMILES string of the molecule is NC(=NO)C1CCCN1Cc1ccc(Cl)cc1. The molecule has 0 saturated carbocycles. The van der Waals surface area contributed by atoms with Crippen LogP contribution in [0.5, 0.6) is 0 Å². The van der Waals surface area contributed by atoms with Crippen molar-refractivity contribution in [3.05, 3.63) is 34.9 Å². The zero-order valence-corrected chi connectivity index (χ0v) is 10.3. The Morgan fingerprint density at radius 3 is 2.82 bits per heavy atom. The van der Waals surface area contributed by atoms with E-state index < -0.39 is 0 Å². The fourth-order valence-corrected chi connectivity index (χ4v) is 2.37. The molecule has 1 heterocycles. The number of nitrogens with two attached hydrogens (primary N) is 1. The largest absolute Gasteiger partial charge is 0.409 e. The summed E-state index contributed by atoms with van der Waals surface area (Å²) in [6.07, 6.45) is 2.03. The van der Waals surface area contributed by atoms with Crippen LogP contribution < -0.4 is 5.73 Å². The second-order valence-corrected chi connectivity index (χ2v) is 4.72. The summed E-state index contributed by atoms with van der Waals surface area (Å²) in [6, 6.07) is 7.82. The van der Waals surface area contributed by atoms with Crippen LogP contribution in [-0.4, -0.2) is 28.5 Å². The normalized spacial score (nSPS) is 21.9. The average molecular weight is 254 g/mol. The van der Waals surface area contributed by atoms with Gasteiger partial charge in [-0.25, -0.2) is 0 Å². The summed E-state index contributed by atoms with van der Waals surface area (Å²) in [6.45, 7) is 1.78. The molecule has 0 aromatic heterocycles. The first-order valence-corrected chi connectivity index (χ1v) is 6.04. The van der Waals surface area contributed by atoms with Crippen molar-refractivity contribution < 1.29 is 5.21 Å². The number of halogens is 1. The fourth-order valence-electron chi connectivity index (χ4n) is 2.24. The fraction of sp³-hybridized carbons (Fsp3) is 0.417. The zero-order valence-electron chi connectivity index (χ0n) is 9.51. The van der Waals surface area contributed by atoms with Gasteiger partial charge >= 0.3 is 0 Å². The first-order chi connectivity index (χ1) is 8.20. The Labute approximate surface area is 106 Å². The van der Waals surface area contributed by atoms with E-state index in [2.05, 4.69) is 10.1 Å². The second-order valence-electron chi connectivity index (χ2n) is 4.28. The lowest BCUT2D eigenvalue weighted by Crippen LogP contribution is -2.40. The van der Waals surface area contributed by atoms with Gasteiger partial charge in [0.05, 0.1) is 6.04 Å². The van der Waals surface area contributed by atoms with Crippen molar-refractivity contribution in [3.63, 3.8) is 0 Å². The molecule has 5 heteroatoms. The van der Waals surface area contributed by atoms with Crippen molar-refractivity contribution >= 4 is 17.4 Å². The Hall–Kier alpha value is -1.26. The highest BCUT2D eigenvalue weighted by Gasteiger charge is 2.27. The van der Waals surface area contributed by atoms with Gasteiger partial charge in [0, 0.05) is 11.6 Å². The molecule has 3 N–H and O–H groups in total. The molecule has 1 aromatic carbocycles. The summed E-state index contributed by atoms with van der Waals surface area (Å²) >= 11 is 5.84. The third kappa shape index (κ3) is 2.90. The lowest BCUT2D eigenvalue weighted by Gasteiger charge is -2.23. The first-order valence-electron chi connectivity index (χ1n) is 5.66. The van der Waals surface area contributed by atoms with Crippen LogP contribution in [0.3, 0.4) is 0 Å². The second kappa shape index (κ2) is 5.38. The van der Waals surface area contributed by atoms with E-state index in [1.807, 2.05) is 24.3 Å². The molecule has 0 amide bonds. The smallest absolute Gasteiger partial charge is 0.156 e. The Morgan fingerprint density at radius 2 is 2.18 bits per heavy atom. The summed E-state index contributed by atoms with van der Waals surface area (Å²) in [7, 11) is 0. The van der Waals surface area contributed by atoms with Crippen LogP contribution >= 0.6 is 11.6 Å². The van der Waals surface area contributed by atoms with Gasteiger partial charge in [-0.15, -0.1) is 0 Å². The Bertz CT molecular complexity index is 405. The van der Waals surface area contributed by atoms with Crippen LogP contribution in [0.15, 0.2) is 29.4 Å². The van der Waals surface area contributed by atoms with Crippen molar-refractivity contribution in [1.29, 1.82) is 0 Å². The van der Waals surface area contributed by atoms with Gasteiger partial charge in [0.25, 0.3) is 0 Å². The molecule has 0 bridgehead atoms. The number of nitrogens with zero attached hydrogens (tertiary/aromatic N) is 2. The van der Waals surface area contributed by atoms with E-state index in [4.69, 9.17) is 22.5 Å². The number of rotatable bonds is 3. The highest BCUT2D eigenvalue weighted by atomic mass is 35.5. The molecule has 1 unspecified atom stereocenters. The number of amidine groups is 1. The van der Waals surface area contributed by atoms with Gasteiger partial charge in [0.15, 0.2) is 5.84 Å². The molecule has 0 spiro atoms. The highest BCUT2D eigenvalue weighted by molar-refractivity contribution is 6.30. The third-order valence-electron chi connectivity index (χ3n) is 3.12. The van der Waals surface area contributed by atoms with Gasteiger partial charge < -0.3 is 10.9 Å². The van der Waals surface area contributed by atoms with Crippen LogP contribution in [0.1, 0.15) is 18.4 Å². The summed E-state index contributed by atoms with van der Waals surface area (Å²) in [5.41, 5.74) is 6.87. The maximum absolute atomic E-state index is 8.73. The summed E-state index contributed by atoms with van der Waals surface area (Å²) < 4.78 is 0. The summed E-state index contributed by atoms with van der Waals surface area (Å²) in [5, 5.41) is 12.6. The predicted molar refractivity (Wildman–Crippen MR) is 68.3 cm³/mol. The standard InChI is InChI=1S/C12H16ClN3O/c13-10-5-3-9(4-6-10)8-16-7-1-2-11(16)12(14)15-17/h3-6,11,17H,1-2,7-8H2,(H2,14,15). The van der Waals surface area contributed by atoms with Crippen molar-refractivity contribution in [2.24, 2.45) is 10.9 Å². The number of likely N-dealkylation sites (tertiary alicyclic amines) is 1. The predicted octanol–water partition coefficient (Wildman–Crippen LogP) is 2.05. The molecule has 0 aliphatic carbocycles. The molecule has 1 fully saturated rings. The van der Waals surface area contributed by atoms with Crippen molar-refractivity contribution in [3.8, 4) is 0 Å². The van der Waals surface area contributed by atoms with Crippen molar-refractivity contribution in [1.82, 2.24) is 4.90 Å². The molecule has 1 saturated heterocycles. The molecule has 0 radical (unpaired) electrons. The summed E-state index contributed by atoms with van der Waals surface area (Å²) in [4.78, 5) is 2.22. The van der Waals surface area contributed by atoms with Gasteiger partial charge in [-0.2, -0.15) is 0 Å². The van der Waals surface area contributed by atoms with E-state index in [0.717, 1.165) is 31.0 Å². The maximum atomic E-state index is 8.73. The van der Waals surface area contributed by atoms with E-state index in [1.165, 1.54) is 5.56 Å². The molecule has 1 atom stereocenters. The van der Waals surface area contributed by atoms with Crippen LogP contribution in [0.25, 0.3) is 0 Å². The van der Waals surface area contributed by atoms with E-state index in [9.17, 15) is 0 Å². The van der Waals surface area contributed by atoms with E-state index in [-0.39, 0.29) is 6.04 Å². The molecule has 2 rings (SSSR count). The minimum atomic E-state index is 0.0516. The van der Waals surface area contributed by atoms with Gasteiger partial charge in [0.1, 0.15) is 0 Å². The molecule has 4 nitrogen and oxygen atoms in total. The Balaban J connectivity index is 2.05. The zero-order chi connectivity index (χ0) is 12.3. The van der Waals surface area contributed by atoms with E-state index in [1.54, 1.807) is 0 Å². The maximum Gasteiger partial charge on any atom is 0.156 e. The summed E-state index contributed by atoms with van der Waals surface area (Å²) in [5.74, 6) is 0.302. The first kappa shape index (κ1) is 12.2. The lowest BCUT2D eigenvalue weighted by molar-refractivity contribution is 0.275. The van der Waals surface area contributed by atoms with E-state index in [0.29, 0.717) is 5.84 Å². The van der Waals surface area contributed by atoms with Crippen LogP contribution in [0, 0.1) is 0 Å². The molecule has 1 aliphatic rings. The Morgan fingerprint density at radius 1 is 1.47 bits per heavy atom. The number of benzene rings is 1. The van der Waals surface area contributed by atoms with Gasteiger partial charge in [-0.3, -0.25) is 4.90 Å². The topological polar surface area (TPSA) is 61.9 Å². The van der Waals surface area contributed by atoms with E-state index >= 15 is 0 Å². The Kier molecular flexibility index (Phi) is 3.86.